The van der Waals surface area contributed by atoms with Crippen LogP contribution in [0.4, 0.5) is 5.82 Å². The molecule has 3 aromatic rings. The van der Waals surface area contributed by atoms with Crippen LogP contribution < -0.4 is 16.1 Å². The molecule has 1 aliphatic rings. The van der Waals surface area contributed by atoms with Crippen LogP contribution in [0.3, 0.4) is 0 Å². The number of fused-ring (bicyclic) bond motifs is 1. The van der Waals surface area contributed by atoms with Gasteiger partial charge in [-0.3, -0.25) is 18.7 Å². The number of nitrogens with zero attached hydrogens (tertiary/aromatic N) is 7. The normalized spacial score (nSPS) is 14.4. The van der Waals surface area contributed by atoms with Crippen LogP contribution in [0.25, 0.3) is 11.0 Å². The minimum absolute atomic E-state index is 0.208. The maximum atomic E-state index is 13.0. The largest absolute Gasteiger partial charge is 0.353 e. The fourth-order valence-electron chi connectivity index (χ4n) is 3.73. The smallest absolute Gasteiger partial charge is 0.332 e. The summed E-state index contributed by atoms with van der Waals surface area (Å²) in [5.74, 6) is 1.36. The standard InChI is InChI=1S/C20H23N7O3/c1-12-11-16(22-13(2)21-12)26-7-9-27(10-8-26)19(29)15-6-5-14-17(23-15)24(3)20(30)25(4)18(14)28/h5-6,11H,7-10H2,1-4H3. The van der Waals surface area contributed by atoms with E-state index < -0.39 is 11.2 Å². The van der Waals surface area contributed by atoms with Crippen molar-refractivity contribution >= 4 is 22.8 Å². The molecule has 0 atom stereocenters. The van der Waals surface area contributed by atoms with Crippen LogP contribution in [0.2, 0.25) is 0 Å². The lowest BCUT2D eigenvalue weighted by Crippen LogP contribution is -2.49. The number of carbonyl (C=O) groups excluding carboxylic acids is 1. The summed E-state index contributed by atoms with van der Waals surface area (Å²) in [4.78, 5) is 54.5. The van der Waals surface area contributed by atoms with Crippen LogP contribution in [0.1, 0.15) is 22.0 Å². The SMILES string of the molecule is Cc1cc(N2CCN(C(=O)c3ccc4c(=O)n(C)c(=O)n(C)c4n3)CC2)nc(C)n1. The molecule has 3 aromatic heterocycles. The van der Waals surface area contributed by atoms with Gasteiger partial charge >= 0.3 is 5.69 Å². The Bertz CT molecular complexity index is 1250. The highest BCUT2D eigenvalue weighted by Crippen LogP contribution is 2.16. The van der Waals surface area contributed by atoms with E-state index in [2.05, 4.69) is 19.9 Å². The number of hydrogen-bond donors (Lipinski definition) is 0. The Morgan fingerprint density at radius 1 is 0.933 bits per heavy atom. The van der Waals surface area contributed by atoms with E-state index in [9.17, 15) is 14.4 Å². The van der Waals surface area contributed by atoms with E-state index in [0.29, 0.717) is 31.6 Å². The molecule has 0 bridgehead atoms. The molecule has 156 valence electrons. The monoisotopic (exact) mass is 409 g/mol. The lowest BCUT2D eigenvalue weighted by molar-refractivity contribution is 0.0741. The number of anilines is 1. The molecule has 4 heterocycles. The summed E-state index contributed by atoms with van der Waals surface area (Å²) in [5, 5.41) is 0.301. The number of rotatable bonds is 2. The maximum Gasteiger partial charge on any atom is 0.332 e. The van der Waals surface area contributed by atoms with E-state index in [-0.39, 0.29) is 17.2 Å². The van der Waals surface area contributed by atoms with Gasteiger partial charge in [0.05, 0.1) is 5.39 Å². The molecule has 1 fully saturated rings. The summed E-state index contributed by atoms with van der Waals surface area (Å²) < 4.78 is 2.31. The number of pyridine rings is 1. The van der Waals surface area contributed by atoms with Gasteiger partial charge in [0.2, 0.25) is 0 Å². The zero-order valence-electron chi connectivity index (χ0n) is 17.4. The Labute approximate surface area is 172 Å². The topological polar surface area (TPSA) is 106 Å². The molecule has 1 aliphatic heterocycles. The summed E-state index contributed by atoms with van der Waals surface area (Å²) in [5.41, 5.74) is 0.429. The van der Waals surface area contributed by atoms with Crippen molar-refractivity contribution in [3.63, 3.8) is 0 Å². The molecule has 10 heteroatoms. The lowest BCUT2D eigenvalue weighted by atomic mass is 10.2. The van der Waals surface area contributed by atoms with Crippen LogP contribution in [-0.2, 0) is 14.1 Å². The molecule has 1 amide bonds. The summed E-state index contributed by atoms with van der Waals surface area (Å²) in [7, 11) is 2.96. The Balaban J connectivity index is 1.56. The fourth-order valence-corrected chi connectivity index (χ4v) is 3.73. The van der Waals surface area contributed by atoms with E-state index in [0.717, 1.165) is 21.9 Å². The highest BCUT2D eigenvalue weighted by molar-refractivity contribution is 5.94. The van der Waals surface area contributed by atoms with Gasteiger partial charge in [-0.1, -0.05) is 0 Å². The van der Waals surface area contributed by atoms with Gasteiger partial charge in [0.15, 0.2) is 0 Å². The third-order valence-corrected chi connectivity index (χ3v) is 5.36. The summed E-state index contributed by atoms with van der Waals surface area (Å²) in [6.45, 7) is 6.14. The number of piperazine rings is 1. The second-order valence-electron chi connectivity index (χ2n) is 7.47. The van der Waals surface area contributed by atoms with Gasteiger partial charge in [-0.25, -0.2) is 19.7 Å². The molecule has 0 aliphatic carbocycles. The van der Waals surface area contributed by atoms with Crippen LogP contribution in [0, 0.1) is 13.8 Å². The van der Waals surface area contributed by atoms with E-state index in [1.807, 2.05) is 19.9 Å². The van der Waals surface area contributed by atoms with E-state index in [1.165, 1.54) is 18.7 Å². The van der Waals surface area contributed by atoms with Crippen molar-refractivity contribution in [1.82, 2.24) is 29.0 Å². The second-order valence-corrected chi connectivity index (χ2v) is 7.47. The first-order valence-corrected chi connectivity index (χ1v) is 9.69. The number of amides is 1. The maximum absolute atomic E-state index is 13.0. The molecule has 4 rings (SSSR count). The zero-order chi connectivity index (χ0) is 21.6. The number of aromatic nitrogens is 5. The predicted octanol–water partition coefficient (Wildman–Crippen LogP) is 0.00144. The summed E-state index contributed by atoms with van der Waals surface area (Å²) in [6, 6.07) is 5.04. The van der Waals surface area contributed by atoms with Crippen molar-refractivity contribution in [3.05, 3.63) is 56.2 Å². The molecule has 0 N–H and O–H groups in total. The molecule has 0 saturated carbocycles. The van der Waals surface area contributed by atoms with Crippen molar-refractivity contribution in [2.24, 2.45) is 14.1 Å². The van der Waals surface area contributed by atoms with Crippen LogP contribution in [0.5, 0.6) is 0 Å². The Kier molecular flexibility index (Phi) is 4.84. The van der Waals surface area contributed by atoms with E-state index in [1.54, 1.807) is 17.0 Å². The summed E-state index contributed by atoms with van der Waals surface area (Å²) in [6.07, 6.45) is 0. The van der Waals surface area contributed by atoms with Gasteiger partial charge in [-0.2, -0.15) is 0 Å². The Hall–Kier alpha value is -3.56. The minimum Gasteiger partial charge on any atom is -0.353 e. The first-order chi connectivity index (χ1) is 14.3. The molecule has 30 heavy (non-hydrogen) atoms. The number of aryl methyl sites for hydroxylation is 3. The molecule has 1 saturated heterocycles. The van der Waals surface area contributed by atoms with Crippen LogP contribution >= 0.6 is 0 Å². The Morgan fingerprint density at radius 3 is 2.30 bits per heavy atom. The molecule has 0 radical (unpaired) electrons. The molecular weight excluding hydrogens is 386 g/mol. The quantitative estimate of drug-likeness (QED) is 0.587. The fraction of sp³-hybridized carbons (Fsp3) is 0.400. The molecule has 0 unspecified atom stereocenters. The van der Waals surface area contributed by atoms with Crippen LogP contribution in [-0.4, -0.2) is 61.1 Å². The van der Waals surface area contributed by atoms with Gasteiger partial charge in [0.1, 0.15) is 23.0 Å². The Morgan fingerprint density at radius 2 is 1.63 bits per heavy atom. The van der Waals surface area contributed by atoms with Crippen molar-refractivity contribution < 1.29 is 4.79 Å². The first kappa shape index (κ1) is 19.7. The van der Waals surface area contributed by atoms with Crippen molar-refractivity contribution in [2.45, 2.75) is 13.8 Å². The zero-order valence-corrected chi connectivity index (χ0v) is 17.4. The third-order valence-electron chi connectivity index (χ3n) is 5.36. The van der Waals surface area contributed by atoms with E-state index in [4.69, 9.17) is 0 Å². The third kappa shape index (κ3) is 3.34. The highest BCUT2D eigenvalue weighted by atomic mass is 16.2. The lowest BCUT2D eigenvalue weighted by Gasteiger charge is -2.35. The van der Waals surface area contributed by atoms with E-state index >= 15 is 0 Å². The molecular formula is C20H23N7O3. The van der Waals surface area contributed by atoms with Crippen molar-refractivity contribution in [3.8, 4) is 0 Å². The molecule has 10 nitrogen and oxygen atoms in total. The van der Waals surface area contributed by atoms with Gasteiger partial charge < -0.3 is 9.80 Å². The van der Waals surface area contributed by atoms with Crippen LogP contribution in [0.15, 0.2) is 27.8 Å². The first-order valence-electron chi connectivity index (χ1n) is 9.69. The van der Waals surface area contributed by atoms with Crippen molar-refractivity contribution in [2.75, 3.05) is 31.1 Å². The summed E-state index contributed by atoms with van der Waals surface area (Å²) >= 11 is 0. The average molecular weight is 409 g/mol. The van der Waals surface area contributed by atoms with Crippen molar-refractivity contribution in [1.29, 1.82) is 0 Å². The molecule has 0 aromatic carbocycles. The molecule has 0 spiro atoms. The van der Waals surface area contributed by atoms with Gasteiger partial charge in [0, 0.05) is 52.0 Å². The number of carbonyl (C=O) groups is 1. The van der Waals surface area contributed by atoms with Gasteiger partial charge in [-0.05, 0) is 26.0 Å². The predicted molar refractivity (Wildman–Crippen MR) is 112 cm³/mol. The average Bonchev–Trinajstić information content (AvgIpc) is 2.74. The number of hydrogen-bond acceptors (Lipinski definition) is 7. The minimum atomic E-state index is -0.478. The highest BCUT2D eigenvalue weighted by Gasteiger charge is 2.24. The van der Waals surface area contributed by atoms with Gasteiger partial charge in [-0.15, -0.1) is 0 Å². The second kappa shape index (κ2) is 7.36. The van der Waals surface area contributed by atoms with Gasteiger partial charge in [0.25, 0.3) is 11.5 Å².